The summed E-state index contributed by atoms with van der Waals surface area (Å²) in [6, 6.07) is 2.86. The van der Waals surface area contributed by atoms with Gasteiger partial charge in [0, 0.05) is 19.0 Å². The van der Waals surface area contributed by atoms with Gasteiger partial charge in [-0.3, -0.25) is 0 Å². The normalized spacial score (nSPS) is 10.5. The molecule has 0 aliphatic rings. The van der Waals surface area contributed by atoms with Gasteiger partial charge in [0.1, 0.15) is 5.82 Å². The fourth-order valence-electron chi connectivity index (χ4n) is 1.33. The zero-order valence-corrected chi connectivity index (χ0v) is 10.4. The molecule has 0 bridgehead atoms. The van der Waals surface area contributed by atoms with Gasteiger partial charge < -0.3 is 15.6 Å². The van der Waals surface area contributed by atoms with Gasteiger partial charge in [0.2, 0.25) is 6.39 Å². The van der Waals surface area contributed by atoms with Crippen LogP contribution < -0.4 is 11.1 Å². The van der Waals surface area contributed by atoms with Gasteiger partial charge in [0.15, 0.2) is 5.82 Å². The Morgan fingerprint density at radius 2 is 2.29 bits per heavy atom. The van der Waals surface area contributed by atoms with Crippen LogP contribution in [0.5, 0.6) is 0 Å². The summed E-state index contributed by atoms with van der Waals surface area (Å²) in [5, 5.41) is 6.67. The van der Waals surface area contributed by atoms with Crippen molar-refractivity contribution in [3.63, 3.8) is 0 Å². The minimum Gasteiger partial charge on any atom is -0.397 e. The Balaban J connectivity index is 1.97. The molecule has 0 aliphatic carbocycles. The van der Waals surface area contributed by atoms with E-state index in [9.17, 15) is 4.39 Å². The smallest absolute Gasteiger partial charge is 0.213 e. The van der Waals surface area contributed by atoms with Crippen molar-refractivity contribution in [2.24, 2.45) is 0 Å². The van der Waals surface area contributed by atoms with Crippen LogP contribution in [0.25, 0.3) is 0 Å². The number of benzene rings is 1. The highest BCUT2D eigenvalue weighted by molar-refractivity contribution is 9.10. The molecule has 1 aromatic heterocycles. The molecule has 1 heterocycles. The first-order chi connectivity index (χ1) is 8.16. The van der Waals surface area contributed by atoms with Gasteiger partial charge in [-0.15, -0.1) is 0 Å². The Hall–Kier alpha value is -1.63. The number of nitrogens with one attached hydrogen (secondary N) is 1. The van der Waals surface area contributed by atoms with Gasteiger partial charge >= 0.3 is 0 Å². The molecule has 1 aromatic carbocycles. The first-order valence-electron chi connectivity index (χ1n) is 4.90. The first-order valence-corrected chi connectivity index (χ1v) is 5.70. The summed E-state index contributed by atoms with van der Waals surface area (Å²) in [5.41, 5.74) is 6.77. The van der Waals surface area contributed by atoms with Crippen LogP contribution in [0.2, 0.25) is 0 Å². The summed E-state index contributed by atoms with van der Waals surface area (Å²) in [6.07, 6.45) is 1.84. The van der Waals surface area contributed by atoms with Crippen LogP contribution in [0.3, 0.4) is 0 Å². The molecule has 2 rings (SSSR count). The highest BCUT2D eigenvalue weighted by Crippen LogP contribution is 2.26. The maximum Gasteiger partial charge on any atom is 0.213 e. The largest absolute Gasteiger partial charge is 0.397 e. The molecule has 0 radical (unpaired) electrons. The standard InChI is InChI=1S/C10H10BrFN4O/c11-6-3-8(13)9(4-7(6)12)14-2-1-10-15-5-17-16-10/h3-5,14H,1-2,13H2. The van der Waals surface area contributed by atoms with E-state index >= 15 is 0 Å². The third-order valence-electron chi connectivity index (χ3n) is 2.16. The Kier molecular flexibility index (Phi) is 3.58. The molecule has 0 fully saturated rings. The fraction of sp³-hybridized carbons (Fsp3) is 0.200. The van der Waals surface area contributed by atoms with Gasteiger partial charge in [-0.1, -0.05) is 5.16 Å². The number of hydrogen-bond donors (Lipinski definition) is 2. The predicted octanol–water partition coefficient (Wildman–Crippen LogP) is 2.21. The highest BCUT2D eigenvalue weighted by Gasteiger charge is 2.06. The maximum absolute atomic E-state index is 13.3. The minimum absolute atomic E-state index is 0.346. The molecule has 2 aromatic rings. The lowest BCUT2D eigenvalue weighted by Gasteiger charge is -2.09. The van der Waals surface area contributed by atoms with Gasteiger partial charge in [-0.25, -0.2) is 4.39 Å². The number of nitrogen functional groups attached to an aromatic ring is 1. The summed E-state index contributed by atoms with van der Waals surface area (Å²) >= 11 is 3.06. The molecule has 0 spiro atoms. The van der Waals surface area contributed by atoms with E-state index in [1.165, 1.54) is 18.5 Å². The number of aromatic nitrogens is 2. The van der Waals surface area contributed by atoms with E-state index in [1.54, 1.807) is 0 Å². The predicted molar refractivity (Wildman–Crippen MR) is 65.0 cm³/mol. The molecular formula is C10H10BrFN4O. The Bertz CT molecular complexity index is 503. The summed E-state index contributed by atoms with van der Waals surface area (Å²) in [6.45, 7) is 0.546. The lowest BCUT2D eigenvalue weighted by molar-refractivity contribution is 0.410. The molecule has 17 heavy (non-hydrogen) atoms. The lowest BCUT2D eigenvalue weighted by Crippen LogP contribution is -2.08. The Morgan fingerprint density at radius 1 is 1.47 bits per heavy atom. The number of nitrogens with two attached hydrogens (primary N) is 1. The van der Waals surface area contributed by atoms with E-state index in [1.807, 2.05) is 0 Å². The zero-order valence-electron chi connectivity index (χ0n) is 8.78. The maximum atomic E-state index is 13.3. The van der Waals surface area contributed by atoms with Crippen molar-refractivity contribution in [2.75, 3.05) is 17.6 Å². The average Bonchev–Trinajstić information content (AvgIpc) is 2.78. The monoisotopic (exact) mass is 300 g/mol. The van der Waals surface area contributed by atoms with Crippen molar-refractivity contribution in [1.82, 2.24) is 10.1 Å². The third-order valence-corrected chi connectivity index (χ3v) is 2.77. The Morgan fingerprint density at radius 3 is 3.00 bits per heavy atom. The van der Waals surface area contributed by atoms with Crippen molar-refractivity contribution in [2.45, 2.75) is 6.42 Å². The molecule has 0 atom stereocenters. The van der Waals surface area contributed by atoms with Crippen LogP contribution >= 0.6 is 15.9 Å². The lowest BCUT2D eigenvalue weighted by atomic mass is 10.2. The summed E-state index contributed by atoms with van der Waals surface area (Å²) < 4.78 is 18.2. The van der Waals surface area contributed by atoms with Crippen LogP contribution in [-0.2, 0) is 6.42 Å². The second kappa shape index (κ2) is 5.13. The number of halogens is 2. The zero-order chi connectivity index (χ0) is 12.3. The van der Waals surface area contributed by atoms with E-state index in [0.717, 1.165) is 0 Å². The second-order valence-electron chi connectivity index (χ2n) is 3.38. The molecule has 3 N–H and O–H groups in total. The van der Waals surface area contributed by atoms with Crippen LogP contribution in [0, 0.1) is 5.82 Å². The highest BCUT2D eigenvalue weighted by atomic mass is 79.9. The van der Waals surface area contributed by atoms with Crippen molar-refractivity contribution >= 4 is 27.3 Å². The van der Waals surface area contributed by atoms with Gasteiger partial charge in [-0.05, 0) is 22.0 Å². The minimum atomic E-state index is -0.360. The van der Waals surface area contributed by atoms with Crippen molar-refractivity contribution in [3.8, 4) is 0 Å². The number of nitrogens with zero attached hydrogens (tertiary/aromatic N) is 2. The van der Waals surface area contributed by atoms with Crippen molar-refractivity contribution < 1.29 is 8.91 Å². The Labute approximate surface area is 105 Å². The summed E-state index contributed by atoms with van der Waals surface area (Å²) in [4.78, 5) is 3.87. The van der Waals surface area contributed by atoms with Gasteiger partial charge in [-0.2, -0.15) is 4.98 Å². The molecule has 90 valence electrons. The van der Waals surface area contributed by atoms with E-state index in [-0.39, 0.29) is 5.82 Å². The summed E-state index contributed by atoms with van der Waals surface area (Å²) in [7, 11) is 0. The number of hydrogen-bond acceptors (Lipinski definition) is 5. The van der Waals surface area contributed by atoms with Crippen molar-refractivity contribution in [3.05, 3.63) is 34.6 Å². The second-order valence-corrected chi connectivity index (χ2v) is 4.23. The van der Waals surface area contributed by atoms with Crippen LogP contribution in [0.1, 0.15) is 5.82 Å². The van der Waals surface area contributed by atoms with Crippen LogP contribution in [0.4, 0.5) is 15.8 Å². The van der Waals surface area contributed by atoms with E-state index in [0.29, 0.717) is 34.6 Å². The van der Waals surface area contributed by atoms with Crippen molar-refractivity contribution in [1.29, 1.82) is 0 Å². The first kappa shape index (κ1) is 11.8. The molecule has 0 saturated carbocycles. The van der Waals surface area contributed by atoms with E-state index < -0.39 is 0 Å². The molecule has 0 saturated heterocycles. The molecule has 0 aliphatic heterocycles. The quantitative estimate of drug-likeness (QED) is 0.847. The van der Waals surface area contributed by atoms with Gasteiger partial charge in [0.05, 0.1) is 15.8 Å². The fourth-order valence-corrected chi connectivity index (χ4v) is 1.69. The average molecular weight is 301 g/mol. The molecule has 7 heteroatoms. The van der Waals surface area contributed by atoms with E-state index in [2.05, 4.69) is 35.9 Å². The summed E-state index contributed by atoms with van der Waals surface area (Å²) in [5.74, 6) is 0.231. The molecular weight excluding hydrogens is 291 g/mol. The SMILES string of the molecule is Nc1cc(Br)c(F)cc1NCCc1ncon1. The molecule has 0 amide bonds. The van der Waals surface area contributed by atoms with Crippen LogP contribution in [-0.4, -0.2) is 16.7 Å². The number of rotatable bonds is 4. The third kappa shape index (κ3) is 2.94. The van der Waals surface area contributed by atoms with Crippen LogP contribution in [0.15, 0.2) is 27.5 Å². The molecule has 0 unspecified atom stereocenters. The topological polar surface area (TPSA) is 77.0 Å². The number of anilines is 2. The van der Waals surface area contributed by atoms with E-state index in [4.69, 9.17) is 5.73 Å². The molecule has 5 nitrogen and oxygen atoms in total. The van der Waals surface area contributed by atoms with Gasteiger partial charge in [0.25, 0.3) is 0 Å².